The van der Waals surface area contributed by atoms with Gasteiger partial charge in [-0.2, -0.15) is 0 Å². The van der Waals surface area contributed by atoms with E-state index in [0.717, 1.165) is 59.9 Å². The predicted octanol–water partition coefficient (Wildman–Crippen LogP) is 5.20. The summed E-state index contributed by atoms with van der Waals surface area (Å²) in [5, 5.41) is 4.40. The zero-order valence-corrected chi connectivity index (χ0v) is 19.1. The third-order valence-corrected chi connectivity index (χ3v) is 7.91. The van der Waals surface area contributed by atoms with Crippen LogP contribution in [-0.4, -0.2) is 30.3 Å². The quantitative estimate of drug-likeness (QED) is 0.591. The first-order valence-electron chi connectivity index (χ1n) is 12.2. The van der Waals surface area contributed by atoms with Gasteiger partial charge in [0.2, 0.25) is 0 Å². The topological polar surface area (TPSA) is 63.0 Å². The number of rotatable bonds is 7. The van der Waals surface area contributed by atoms with E-state index in [1.165, 1.54) is 25.7 Å². The van der Waals surface area contributed by atoms with E-state index in [4.69, 9.17) is 23.5 Å². The van der Waals surface area contributed by atoms with Crippen molar-refractivity contribution in [1.29, 1.82) is 0 Å². The highest BCUT2D eigenvalue weighted by Crippen LogP contribution is 2.54. The van der Waals surface area contributed by atoms with E-state index in [2.05, 4.69) is 37.2 Å². The molecule has 32 heavy (non-hydrogen) atoms. The van der Waals surface area contributed by atoms with Gasteiger partial charge in [0.1, 0.15) is 23.8 Å². The summed E-state index contributed by atoms with van der Waals surface area (Å²) in [6.07, 6.45) is 6.96. The Morgan fingerprint density at radius 3 is 2.31 bits per heavy atom. The van der Waals surface area contributed by atoms with Gasteiger partial charge in [-0.15, -0.1) is 0 Å². The van der Waals surface area contributed by atoms with Crippen molar-refractivity contribution in [2.24, 2.45) is 11.8 Å². The minimum absolute atomic E-state index is 0.236. The molecule has 0 amide bonds. The molecule has 4 fully saturated rings. The van der Waals surface area contributed by atoms with Crippen LogP contribution in [0.25, 0.3) is 0 Å². The molecule has 3 saturated carbocycles. The molecule has 1 spiro atoms. The Bertz CT molecular complexity index is 938. The van der Waals surface area contributed by atoms with Crippen molar-refractivity contribution in [3.8, 4) is 5.75 Å². The normalized spacial score (nSPS) is 28.5. The number of nitrogens with zero attached hydrogens (tertiary/aromatic N) is 1. The van der Waals surface area contributed by atoms with E-state index in [1.807, 2.05) is 0 Å². The van der Waals surface area contributed by atoms with Gasteiger partial charge in [0.25, 0.3) is 0 Å². The summed E-state index contributed by atoms with van der Waals surface area (Å²) in [5.74, 6) is 3.00. The smallest absolute Gasteiger partial charge is 0.174 e. The zero-order chi connectivity index (χ0) is 21.7. The van der Waals surface area contributed by atoms with E-state index in [-0.39, 0.29) is 11.9 Å². The largest absolute Gasteiger partial charge is 0.487 e. The van der Waals surface area contributed by atoms with E-state index < -0.39 is 0 Å². The summed E-state index contributed by atoms with van der Waals surface area (Å²) in [4.78, 5) is 0. The molecule has 2 heterocycles. The molecule has 2 aromatic rings. The molecule has 0 N–H and O–H groups in total. The minimum Gasteiger partial charge on any atom is -0.487 e. The third-order valence-electron chi connectivity index (χ3n) is 7.91. The van der Waals surface area contributed by atoms with Crippen LogP contribution >= 0.6 is 0 Å². The van der Waals surface area contributed by atoms with E-state index in [9.17, 15) is 0 Å². The number of benzene rings is 1. The summed E-state index contributed by atoms with van der Waals surface area (Å²) < 4.78 is 30.7. The van der Waals surface area contributed by atoms with Crippen LogP contribution in [-0.2, 0) is 27.4 Å². The zero-order valence-electron chi connectivity index (χ0n) is 19.1. The molecule has 172 valence electrons. The van der Waals surface area contributed by atoms with Gasteiger partial charge < -0.3 is 23.5 Å². The van der Waals surface area contributed by atoms with Crippen LogP contribution in [0, 0.1) is 25.7 Å². The van der Waals surface area contributed by atoms with Gasteiger partial charge in [-0.25, -0.2) is 0 Å². The second kappa shape index (κ2) is 8.15. The van der Waals surface area contributed by atoms with Crippen LogP contribution in [0.15, 0.2) is 22.7 Å². The Labute approximate surface area is 189 Å². The maximum atomic E-state index is 6.50. The number of aryl methyl sites for hydroxylation is 2. The summed E-state index contributed by atoms with van der Waals surface area (Å²) in [6, 6.07) is 6.21. The molecule has 6 rings (SSSR count). The fourth-order valence-corrected chi connectivity index (χ4v) is 6.14. The first-order valence-corrected chi connectivity index (χ1v) is 12.2. The Kier molecular flexibility index (Phi) is 5.27. The van der Waals surface area contributed by atoms with Gasteiger partial charge in [-0.05, 0) is 63.5 Å². The van der Waals surface area contributed by atoms with E-state index in [1.54, 1.807) is 0 Å². The first kappa shape index (κ1) is 20.7. The van der Waals surface area contributed by atoms with Crippen LogP contribution in [0.2, 0.25) is 0 Å². The molecule has 2 bridgehead atoms. The lowest BCUT2D eigenvalue weighted by Crippen LogP contribution is -2.47. The van der Waals surface area contributed by atoms with Crippen molar-refractivity contribution in [3.05, 3.63) is 46.3 Å². The number of aromatic nitrogens is 1. The average Bonchev–Trinajstić information content (AvgIpc) is 3.34. The highest BCUT2D eigenvalue weighted by Gasteiger charge is 2.58. The molecule has 4 aliphatic rings. The van der Waals surface area contributed by atoms with Crippen LogP contribution in [0.1, 0.15) is 72.6 Å². The second-order valence-corrected chi connectivity index (χ2v) is 10.0. The van der Waals surface area contributed by atoms with Gasteiger partial charge in [-0.3, -0.25) is 0 Å². The van der Waals surface area contributed by atoms with Crippen molar-refractivity contribution < 1.29 is 23.5 Å². The second-order valence-electron chi connectivity index (χ2n) is 10.0. The molecule has 6 heteroatoms. The van der Waals surface area contributed by atoms with Gasteiger partial charge in [-0.1, -0.05) is 23.4 Å². The molecule has 0 radical (unpaired) electrons. The number of hydrogen-bond acceptors (Lipinski definition) is 6. The lowest BCUT2D eigenvalue weighted by atomic mass is 9.81. The van der Waals surface area contributed by atoms with Gasteiger partial charge in [0, 0.05) is 23.3 Å². The molecular weight excluding hydrogens is 406 g/mol. The molecule has 6 nitrogen and oxygen atoms in total. The monoisotopic (exact) mass is 439 g/mol. The molecular formula is C26H33NO5. The van der Waals surface area contributed by atoms with Gasteiger partial charge in [0.05, 0.1) is 25.9 Å². The molecule has 1 saturated heterocycles. The van der Waals surface area contributed by atoms with Crippen molar-refractivity contribution in [1.82, 2.24) is 5.16 Å². The van der Waals surface area contributed by atoms with E-state index in [0.29, 0.717) is 31.0 Å². The van der Waals surface area contributed by atoms with Crippen molar-refractivity contribution >= 4 is 0 Å². The lowest BCUT2D eigenvalue weighted by molar-refractivity contribution is -0.238. The summed E-state index contributed by atoms with van der Waals surface area (Å²) >= 11 is 0. The lowest BCUT2D eigenvalue weighted by Gasteiger charge is -2.41. The van der Waals surface area contributed by atoms with Crippen LogP contribution in [0.5, 0.6) is 5.75 Å². The fraction of sp³-hybridized carbons (Fsp3) is 0.654. The van der Waals surface area contributed by atoms with Crippen molar-refractivity contribution in [2.45, 2.75) is 83.4 Å². The number of para-hydroxylation sites is 1. The van der Waals surface area contributed by atoms with Gasteiger partial charge in [0.15, 0.2) is 5.79 Å². The molecule has 3 aliphatic carbocycles. The van der Waals surface area contributed by atoms with Crippen LogP contribution in [0.3, 0.4) is 0 Å². The molecule has 3 atom stereocenters. The van der Waals surface area contributed by atoms with E-state index >= 15 is 0 Å². The molecule has 1 aromatic carbocycles. The summed E-state index contributed by atoms with van der Waals surface area (Å²) in [6.45, 7) is 6.56. The Balaban J connectivity index is 1.15. The number of ether oxygens (including phenoxy) is 4. The third kappa shape index (κ3) is 3.57. The molecule has 2 unspecified atom stereocenters. The highest BCUT2D eigenvalue weighted by atomic mass is 16.7. The standard InChI is InChI=1S/C26H33NO5/c1-16-4-3-5-17(2)24(16)29-15-23-22(25(32-27-23)18-6-7-18)14-28-21-12-19-8-9-20(13-21)26(19)30-10-11-31-26/h3-5,18-21H,6-15H2,1-2H3/t19-,20?,21?/m1/s1. The van der Waals surface area contributed by atoms with Crippen molar-refractivity contribution in [2.75, 3.05) is 13.2 Å². The van der Waals surface area contributed by atoms with Crippen molar-refractivity contribution in [3.63, 3.8) is 0 Å². The SMILES string of the molecule is Cc1cccc(C)c1OCc1noc(C2CC2)c1COC1CC2CC[C@H](C1)C21OCCO1. The average molecular weight is 440 g/mol. The fourth-order valence-electron chi connectivity index (χ4n) is 6.14. The summed E-state index contributed by atoms with van der Waals surface area (Å²) in [7, 11) is 0. The Morgan fingerprint density at radius 2 is 1.66 bits per heavy atom. The predicted molar refractivity (Wildman–Crippen MR) is 117 cm³/mol. The van der Waals surface area contributed by atoms with Crippen LogP contribution < -0.4 is 4.74 Å². The number of hydrogen-bond donors (Lipinski definition) is 0. The van der Waals surface area contributed by atoms with Crippen LogP contribution in [0.4, 0.5) is 0 Å². The minimum atomic E-state index is -0.319. The first-order chi connectivity index (χ1) is 15.6. The highest BCUT2D eigenvalue weighted by molar-refractivity contribution is 5.40. The Morgan fingerprint density at radius 1 is 0.969 bits per heavy atom. The maximum Gasteiger partial charge on any atom is 0.174 e. The molecule has 1 aliphatic heterocycles. The Hall–Kier alpha value is -1.89. The van der Waals surface area contributed by atoms with Gasteiger partial charge >= 0.3 is 0 Å². The molecule has 1 aromatic heterocycles. The maximum absolute atomic E-state index is 6.50. The summed E-state index contributed by atoms with van der Waals surface area (Å²) in [5.41, 5.74) is 4.24.